The third-order valence-electron chi connectivity index (χ3n) is 9.57. The maximum atomic E-state index is 14.0. The lowest BCUT2D eigenvalue weighted by Crippen LogP contribution is -2.61. The highest BCUT2D eigenvalue weighted by Gasteiger charge is 2.41. The first-order valence-electron chi connectivity index (χ1n) is 19.4. The average Bonchev–Trinajstić information content (AvgIpc) is 3.66. The Bertz CT molecular complexity index is 1760. The van der Waals surface area contributed by atoms with Gasteiger partial charge in [0.25, 0.3) is 0 Å². The van der Waals surface area contributed by atoms with E-state index in [1.165, 1.54) is 24.3 Å². The molecule has 60 heavy (non-hydrogen) atoms. The fourth-order valence-electron chi connectivity index (χ4n) is 6.39. The summed E-state index contributed by atoms with van der Waals surface area (Å²) < 4.78 is 0. The quantitative estimate of drug-likeness (QED) is 0.0500. The minimum atomic E-state index is -1.68. The molecule has 14 N–H and O–H groups in total. The third kappa shape index (κ3) is 15.5. The van der Waals surface area contributed by atoms with Crippen LogP contribution in [0.25, 0.3) is 0 Å². The van der Waals surface area contributed by atoms with E-state index >= 15 is 0 Å². The summed E-state index contributed by atoms with van der Waals surface area (Å²) in [6.07, 6.45) is -1.33. The van der Waals surface area contributed by atoms with Crippen molar-refractivity contribution in [1.82, 2.24) is 36.8 Å². The van der Waals surface area contributed by atoms with E-state index < -0.39 is 127 Å². The van der Waals surface area contributed by atoms with E-state index in [0.29, 0.717) is 5.56 Å². The molecule has 1 aromatic carbocycles. The summed E-state index contributed by atoms with van der Waals surface area (Å²) in [7, 11) is 0. The van der Waals surface area contributed by atoms with Gasteiger partial charge in [-0.2, -0.15) is 0 Å². The molecule has 22 nitrogen and oxygen atoms in total. The Morgan fingerprint density at radius 1 is 0.700 bits per heavy atom. The van der Waals surface area contributed by atoms with Gasteiger partial charge in [0, 0.05) is 26.3 Å². The van der Waals surface area contributed by atoms with Gasteiger partial charge in [-0.15, -0.1) is 0 Å². The van der Waals surface area contributed by atoms with Crippen molar-refractivity contribution < 1.29 is 58.2 Å². The third-order valence-corrected chi connectivity index (χ3v) is 9.57. The number of nitrogens with zero attached hydrogens (tertiary/aromatic N) is 1. The lowest BCUT2D eigenvalue weighted by molar-refractivity contribution is -0.143. The average molecular weight is 847 g/mol. The van der Waals surface area contributed by atoms with Crippen LogP contribution in [-0.4, -0.2) is 130 Å². The second-order valence-corrected chi connectivity index (χ2v) is 15.2. The van der Waals surface area contributed by atoms with Crippen molar-refractivity contribution in [3.05, 3.63) is 29.8 Å². The standard InChI is InChI=1S/C38H58N10O12/c1-18(2)30(32(41)54)46-37(59)31(19(3)4)47-34(56)24(15-21-8-10-22(51)11-9-21)44-36(58)27-7-6-14-48(27)38(60)25(16-29(40)53)45-33(55)23(12-13-28(39)52)43-35(57)26(17-49)42-20(5)50/h8-11,18-19,23-27,30-31,49,51H,6-7,12-17H2,1-5H3,(H2,39,52)(H2,40,53)(H2,41,54)(H,42,50)(H,43,57)(H,44,58)(H,45,55)(H,46,59)(H,47,56)/t23-,24-,25-,26-,27-,30-,31-/m0/s1. The summed E-state index contributed by atoms with van der Waals surface area (Å²) in [5, 5.41) is 34.1. The molecule has 1 aliphatic heterocycles. The normalized spacial score (nSPS) is 16.6. The molecule has 22 heteroatoms. The Balaban J connectivity index is 2.40. The highest BCUT2D eigenvalue weighted by molar-refractivity contribution is 5.99. The van der Waals surface area contributed by atoms with Crippen molar-refractivity contribution in [2.45, 2.75) is 115 Å². The summed E-state index contributed by atoms with van der Waals surface area (Å²) in [6.45, 7) is 6.88. The van der Waals surface area contributed by atoms with Crippen LogP contribution < -0.4 is 49.1 Å². The molecule has 1 heterocycles. The van der Waals surface area contributed by atoms with Gasteiger partial charge in [0.2, 0.25) is 59.1 Å². The molecule has 332 valence electrons. The number of carbonyl (C=O) groups is 10. The molecule has 0 saturated carbocycles. The van der Waals surface area contributed by atoms with Crippen LogP contribution in [0.2, 0.25) is 0 Å². The number of aliphatic hydroxyl groups is 1. The Morgan fingerprint density at radius 2 is 1.25 bits per heavy atom. The van der Waals surface area contributed by atoms with Crippen LogP contribution in [0.15, 0.2) is 24.3 Å². The lowest BCUT2D eigenvalue weighted by atomic mass is 9.98. The van der Waals surface area contributed by atoms with Crippen molar-refractivity contribution >= 4 is 59.1 Å². The molecule has 0 radical (unpaired) electrons. The topological polar surface area (TPSA) is 365 Å². The second-order valence-electron chi connectivity index (χ2n) is 15.2. The first kappa shape index (κ1) is 49.8. The number of primary amides is 3. The van der Waals surface area contributed by atoms with Gasteiger partial charge in [-0.05, 0) is 48.8 Å². The molecule has 0 aliphatic carbocycles. The van der Waals surface area contributed by atoms with Crippen molar-refractivity contribution in [2.75, 3.05) is 13.2 Å². The van der Waals surface area contributed by atoms with Crippen molar-refractivity contribution in [2.24, 2.45) is 29.0 Å². The monoisotopic (exact) mass is 846 g/mol. The first-order chi connectivity index (χ1) is 28.0. The van der Waals surface area contributed by atoms with E-state index in [1.807, 2.05) is 0 Å². The molecule has 0 aromatic heterocycles. The number of aromatic hydroxyl groups is 1. The van der Waals surface area contributed by atoms with Crippen LogP contribution in [-0.2, 0) is 54.4 Å². The van der Waals surface area contributed by atoms with Crippen LogP contribution in [0.3, 0.4) is 0 Å². The Labute approximate surface area is 346 Å². The SMILES string of the molecule is CC(=O)N[C@@H](CO)C(=O)N[C@@H](CCC(N)=O)C(=O)N[C@@H](CC(N)=O)C(=O)N1CCC[C@H]1C(=O)N[C@@H](Cc1ccc(O)cc1)C(=O)N[C@H](C(=O)N[C@H](C(N)=O)C(C)C)C(C)C. The Hall–Kier alpha value is -6.32. The van der Waals surface area contributed by atoms with Gasteiger partial charge in [0.15, 0.2) is 0 Å². The van der Waals surface area contributed by atoms with Gasteiger partial charge in [0.05, 0.1) is 13.0 Å². The number of carbonyl (C=O) groups excluding carboxylic acids is 10. The van der Waals surface area contributed by atoms with E-state index in [4.69, 9.17) is 17.2 Å². The van der Waals surface area contributed by atoms with Crippen molar-refractivity contribution in [3.8, 4) is 5.75 Å². The largest absolute Gasteiger partial charge is 0.508 e. The summed E-state index contributed by atoms with van der Waals surface area (Å²) in [5.41, 5.74) is 16.6. The number of phenols is 1. The number of amides is 10. The first-order valence-corrected chi connectivity index (χ1v) is 19.4. The van der Waals surface area contributed by atoms with E-state index in [-0.39, 0.29) is 43.9 Å². The summed E-state index contributed by atoms with van der Waals surface area (Å²) in [6, 6.07) is -3.77. The van der Waals surface area contributed by atoms with Crippen molar-refractivity contribution in [1.29, 1.82) is 0 Å². The number of rotatable bonds is 23. The highest BCUT2D eigenvalue weighted by atomic mass is 16.3. The maximum absolute atomic E-state index is 14.0. The molecule has 1 saturated heterocycles. The maximum Gasteiger partial charge on any atom is 0.246 e. The molecular weight excluding hydrogens is 788 g/mol. The van der Waals surface area contributed by atoms with Crippen LogP contribution >= 0.6 is 0 Å². The number of hydrogen-bond acceptors (Lipinski definition) is 12. The van der Waals surface area contributed by atoms with Gasteiger partial charge in [0.1, 0.15) is 48.0 Å². The lowest BCUT2D eigenvalue weighted by Gasteiger charge is -2.31. The van der Waals surface area contributed by atoms with E-state index in [0.717, 1.165) is 11.8 Å². The van der Waals surface area contributed by atoms with Crippen LogP contribution in [0, 0.1) is 11.8 Å². The smallest absolute Gasteiger partial charge is 0.246 e. The molecule has 10 amide bonds. The molecule has 0 unspecified atom stereocenters. The summed E-state index contributed by atoms with van der Waals surface area (Å²) in [5.74, 6) is -9.54. The van der Waals surface area contributed by atoms with Gasteiger partial charge in [-0.25, -0.2) is 0 Å². The number of hydrogen-bond donors (Lipinski definition) is 11. The number of nitrogens with two attached hydrogens (primary N) is 3. The zero-order valence-electron chi connectivity index (χ0n) is 34.3. The molecule has 1 aromatic rings. The molecular formula is C38H58N10O12. The predicted molar refractivity (Wildman–Crippen MR) is 212 cm³/mol. The Morgan fingerprint density at radius 3 is 1.77 bits per heavy atom. The van der Waals surface area contributed by atoms with E-state index in [2.05, 4.69) is 31.9 Å². The number of benzene rings is 1. The second kappa shape index (κ2) is 23.3. The fraction of sp³-hybridized carbons (Fsp3) is 0.579. The van der Waals surface area contributed by atoms with Crippen LogP contribution in [0.1, 0.15) is 72.3 Å². The molecule has 0 bridgehead atoms. The van der Waals surface area contributed by atoms with Crippen LogP contribution in [0.4, 0.5) is 0 Å². The van der Waals surface area contributed by atoms with Gasteiger partial charge < -0.3 is 64.2 Å². The Kier molecular flexibility index (Phi) is 19.4. The van der Waals surface area contributed by atoms with Gasteiger partial charge in [-0.3, -0.25) is 47.9 Å². The summed E-state index contributed by atoms with van der Waals surface area (Å²) >= 11 is 0. The number of aliphatic hydroxyl groups excluding tert-OH is 1. The van der Waals surface area contributed by atoms with Gasteiger partial charge in [-0.1, -0.05) is 39.8 Å². The van der Waals surface area contributed by atoms with E-state index in [9.17, 15) is 58.2 Å². The minimum Gasteiger partial charge on any atom is -0.508 e. The molecule has 1 fully saturated rings. The molecule has 7 atom stereocenters. The van der Waals surface area contributed by atoms with Crippen LogP contribution in [0.5, 0.6) is 5.75 Å². The van der Waals surface area contributed by atoms with Gasteiger partial charge >= 0.3 is 0 Å². The summed E-state index contributed by atoms with van der Waals surface area (Å²) in [4.78, 5) is 130. The molecule has 0 spiro atoms. The highest BCUT2D eigenvalue weighted by Crippen LogP contribution is 2.21. The zero-order valence-corrected chi connectivity index (χ0v) is 34.3. The number of phenolic OH excluding ortho intramolecular Hbond substituents is 1. The predicted octanol–water partition coefficient (Wildman–Crippen LogP) is -4.22. The molecule has 2 rings (SSSR count). The fourth-order valence-corrected chi connectivity index (χ4v) is 6.39. The number of nitrogens with one attached hydrogen (secondary N) is 6. The minimum absolute atomic E-state index is 0.0277. The zero-order chi connectivity index (χ0) is 45.4. The van der Waals surface area contributed by atoms with Crippen molar-refractivity contribution in [3.63, 3.8) is 0 Å². The molecule has 1 aliphatic rings. The number of likely N-dealkylation sites (tertiary alicyclic amines) is 1. The van der Waals surface area contributed by atoms with E-state index in [1.54, 1.807) is 27.7 Å².